The summed E-state index contributed by atoms with van der Waals surface area (Å²) in [5.41, 5.74) is 1.10. The van der Waals surface area contributed by atoms with E-state index < -0.39 is 0 Å². The molecule has 0 aromatic heterocycles. The van der Waals surface area contributed by atoms with Gasteiger partial charge in [0.15, 0.2) is 11.5 Å². The predicted octanol–water partition coefficient (Wildman–Crippen LogP) is 1.14. The Balaban J connectivity index is 1.49. The Morgan fingerprint density at radius 2 is 1.92 bits per heavy atom. The van der Waals surface area contributed by atoms with Gasteiger partial charge in [0.25, 0.3) is 0 Å². The molecule has 0 spiro atoms. The van der Waals surface area contributed by atoms with Crippen LogP contribution in [-0.4, -0.2) is 75.2 Å². The minimum Gasteiger partial charge on any atom is -0.493 e. The van der Waals surface area contributed by atoms with Crippen molar-refractivity contribution in [1.82, 2.24) is 15.1 Å². The normalized spacial score (nSPS) is 21.4. The van der Waals surface area contributed by atoms with Crippen molar-refractivity contribution < 1.29 is 14.3 Å². The second-order valence-electron chi connectivity index (χ2n) is 6.76. The van der Waals surface area contributed by atoms with Gasteiger partial charge in [-0.3, -0.25) is 9.69 Å². The molecule has 0 aliphatic carbocycles. The number of piperazine rings is 1. The van der Waals surface area contributed by atoms with E-state index in [-0.39, 0.29) is 5.91 Å². The molecular formula is C19H29N3O3. The molecule has 25 heavy (non-hydrogen) atoms. The van der Waals surface area contributed by atoms with E-state index in [1.54, 1.807) is 14.2 Å². The van der Waals surface area contributed by atoms with E-state index in [4.69, 9.17) is 9.47 Å². The number of amides is 1. The molecule has 6 nitrogen and oxygen atoms in total. The Morgan fingerprint density at radius 1 is 1.16 bits per heavy atom. The van der Waals surface area contributed by atoms with Crippen LogP contribution in [0.4, 0.5) is 0 Å². The quantitative estimate of drug-likeness (QED) is 0.836. The highest BCUT2D eigenvalue weighted by Crippen LogP contribution is 2.28. The van der Waals surface area contributed by atoms with E-state index in [0.717, 1.165) is 63.4 Å². The zero-order valence-electron chi connectivity index (χ0n) is 15.3. The first-order valence-electron chi connectivity index (χ1n) is 9.14. The van der Waals surface area contributed by atoms with Crippen LogP contribution in [0.25, 0.3) is 0 Å². The lowest BCUT2D eigenvalue weighted by atomic mass is 10.1. The van der Waals surface area contributed by atoms with Crippen molar-refractivity contribution in [3.63, 3.8) is 0 Å². The lowest BCUT2D eigenvalue weighted by Gasteiger charge is -2.32. The van der Waals surface area contributed by atoms with E-state index in [0.29, 0.717) is 18.2 Å². The summed E-state index contributed by atoms with van der Waals surface area (Å²) in [5, 5.41) is 3.39. The van der Waals surface area contributed by atoms with Crippen LogP contribution < -0.4 is 14.8 Å². The number of aryl methyl sites for hydroxylation is 1. The van der Waals surface area contributed by atoms with Crippen LogP contribution in [0.1, 0.15) is 18.4 Å². The number of benzene rings is 1. The Morgan fingerprint density at radius 3 is 2.64 bits per heavy atom. The summed E-state index contributed by atoms with van der Waals surface area (Å²) in [5.74, 6) is 1.69. The van der Waals surface area contributed by atoms with Gasteiger partial charge in [-0.05, 0) is 30.5 Å². The summed E-state index contributed by atoms with van der Waals surface area (Å²) in [4.78, 5) is 17.1. The first-order chi connectivity index (χ1) is 12.2. The molecular weight excluding hydrogens is 318 g/mol. The predicted molar refractivity (Wildman–Crippen MR) is 97.3 cm³/mol. The Kier molecular flexibility index (Phi) is 6.15. The summed E-state index contributed by atoms with van der Waals surface area (Å²) < 4.78 is 10.6. The third kappa shape index (κ3) is 4.44. The number of methoxy groups -OCH3 is 2. The summed E-state index contributed by atoms with van der Waals surface area (Å²) in [6, 6.07) is 6.39. The maximum Gasteiger partial charge on any atom is 0.222 e. The fraction of sp³-hybridized carbons (Fsp3) is 0.632. The van der Waals surface area contributed by atoms with Gasteiger partial charge >= 0.3 is 0 Å². The zero-order valence-corrected chi connectivity index (χ0v) is 15.3. The molecule has 1 aromatic carbocycles. The molecule has 0 bridgehead atoms. The first-order valence-corrected chi connectivity index (χ1v) is 9.14. The monoisotopic (exact) mass is 347 g/mol. The molecule has 1 N–H and O–H groups in total. The summed E-state index contributed by atoms with van der Waals surface area (Å²) in [7, 11) is 3.26. The molecule has 0 saturated carbocycles. The molecule has 2 aliphatic heterocycles. The van der Waals surface area contributed by atoms with E-state index in [2.05, 4.69) is 10.2 Å². The van der Waals surface area contributed by atoms with Gasteiger partial charge in [0.05, 0.1) is 14.2 Å². The van der Waals surface area contributed by atoms with E-state index >= 15 is 0 Å². The van der Waals surface area contributed by atoms with Gasteiger partial charge in [-0.15, -0.1) is 0 Å². The fourth-order valence-electron chi connectivity index (χ4n) is 3.76. The zero-order chi connectivity index (χ0) is 17.6. The van der Waals surface area contributed by atoms with Gasteiger partial charge in [0, 0.05) is 51.7 Å². The van der Waals surface area contributed by atoms with E-state index in [1.807, 2.05) is 23.1 Å². The number of hydrogen-bond donors (Lipinski definition) is 1. The minimum atomic E-state index is 0.257. The van der Waals surface area contributed by atoms with Gasteiger partial charge in [0.1, 0.15) is 0 Å². The van der Waals surface area contributed by atoms with Crippen LogP contribution in [0.5, 0.6) is 11.5 Å². The van der Waals surface area contributed by atoms with Crippen molar-refractivity contribution in [2.24, 2.45) is 0 Å². The highest BCUT2D eigenvalue weighted by Gasteiger charge is 2.30. The Bertz CT molecular complexity index is 587. The van der Waals surface area contributed by atoms with Gasteiger partial charge in [0.2, 0.25) is 5.91 Å². The van der Waals surface area contributed by atoms with Crippen LogP contribution in [0.15, 0.2) is 18.2 Å². The molecule has 2 heterocycles. The van der Waals surface area contributed by atoms with Gasteiger partial charge in [-0.25, -0.2) is 0 Å². The number of likely N-dealkylation sites (tertiary alicyclic amines) is 1. The van der Waals surface area contributed by atoms with E-state index in [1.165, 1.54) is 0 Å². The number of rotatable bonds is 6. The van der Waals surface area contributed by atoms with Crippen LogP contribution in [0, 0.1) is 0 Å². The number of ether oxygens (including phenoxy) is 2. The molecule has 3 rings (SSSR count). The molecule has 2 aliphatic rings. The number of nitrogens with zero attached hydrogens (tertiary/aromatic N) is 2. The largest absolute Gasteiger partial charge is 0.493 e. The summed E-state index contributed by atoms with van der Waals surface area (Å²) in [6.07, 6.45) is 2.37. The number of carbonyl (C=O) groups excluding carboxylic acids is 1. The molecule has 2 saturated heterocycles. The van der Waals surface area contributed by atoms with Crippen molar-refractivity contribution in [1.29, 1.82) is 0 Å². The highest BCUT2D eigenvalue weighted by molar-refractivity contribution is 5.76. The van der Waals surface area contributed by atoms with Crippen molar-refractivity contribution in [3.05, 3.63) is 23.8 Å². The average molecular weight is 347 g/mol. The number of nitrogens with one attached hydrogen (secondary N) is 1. The molecule has 1 atom stereocenters. The Labute approximate surface area is 150 Å². The molecule has 1 amide bonds. The smallest absolute Gasteiger partial charge is 0.222 e. The van der Waals surface area contributed by atoms with Crippen molar-refractivity contribution in [2.75, 3.05) is 53.5 Å². The van der Waals surface area contributed by atoms with E-state index in [9.17, 15) is 4.79 Å². The third-order valence-corrected chi connectivity index (χ3v) is 5.26. The lowest BCUT2D eigenvalue weighted by Crippen LogP contribution is -2.49. The molecule has 1 unspecified atom stereocenters. The molecule has 1 aromatic rings. The maximum atomic E-state index is 12.6. The summed E-state index contributed by atoms with van der Waals surface area (Å²) >= 11 is 0. The fourth-order valence-corrected chi connectivity index (χ4v) is 3.76. The Hall–Kier alpha value is -1.79. The van der Waals surface area contributed by atoms with Crippen LogP contribution >= 0.6 is 0 Å². The standard InChI is InChI=1S/C19H29N3O3/c1-24-17-5-3-15(13-18(17)25-2)4-6-19(23)22-10-7-16(14-22)21-11-8-20-9-12-21/h3,5,13,16,20H,4,6-12,14H2,1-2H3. The third-order valence-electron chi connectivity index (χ3n) is 5.26. The van der Waals surface area contributed by atoms with Gasteiger partial charge in [-0.1, -0.05) is 6.07 Å². The summed E-state index contributed by atoms with van der Waals surface area (Å²) in [6.45, 7) is 6.08. The van der Waals surface area contributed by atoms with Crippen LogP contribution in [0.2, 0.25) is 0 Å². The number of carbonyl (C=O) groups is 1. The molecule has 138 valence electrons. The van der Waals surface area contributed by atoms with Crippen LogP contribution in [-0.2, 0) is 11.2 Å². The number of hydrogen-bond acceptors (Lipinski definition) is 5. The van der Waals surface area contributed by atoms with Crippen molar-refractivity contribution in [3.8, 4) is 11.5 Å². The van der Waals surface area contributed by atoms with Crippen molar-refractivity contribution >= 4 is 5.91 Å². The molecule has 0 radical (unpaired) electrons. The topological polar surface area (TPSA) is 54.0 Å². The lowest BCUT2D eigenvalue weighted by molar-refractivity contribution is -0.130. The highest BCUT2D eigenvalue weighted by atomic mass is 16.5. The second-order valence-corrected chi connectivity index (χ2v) is 6.76. The van der Waals surface area contributed by atoms with Gasteiger partial charge in [-0.2, -0.15) is 0 Å². The minimum absolute atomic E-state index is 0.257. The molecule has 6 heteroatoms. The maximum absolute atomic E-state index is 12.6. The average Bonchev–Trinajstić information content (AvgIpc) is 3.17. The van der Waals surface area contributed by atoms with Crippen LogP contribution in [0.3, 0.4) is 0 Å². The first kappa shape index (κ1) is 18.0. The molecule has 2 fully saturated rings. The second kappa shape index (κ2) is 8.54. The van der Waals surface area contributed by atoms with Crippen molar-refractivity contribution in [2.45, 2.75) is 25.3 Å². The van der Waals surface area contributed by atoms with Gasteiger partial charge < -0.3 is 19.7 Å². The SMILES string of the molecule is COc1ccc(CCC(=O)N2CCC(N3CCNCC3)C2)cc1OC.